The van der Waals surface area contributed by atoms with Gasteiger partial charge in [0.15, 0.2) is 6.10 Å². The predicted molar refractivity (Wildman–Crippen MR) is 64.5 cm³/mol. The highest BCUT2D eigenvalue weighted by Gasteiger charge is 2.19. The SMILES string of the molecule is CCOC(=O)c1cc(N)ccc1OC(C)C(=O)O. The molecule has 0 amide bonds. The van der Waals surface area contributed by atoms with E-state index < -0.39 is 18.0 Å². The van der Waals surface area contributed by atoms with E-state index in [1.54, 1.807) is 6.92 Å². The molecule has 0 spiro atoms. The van der Waals surface area contributed by atoms with Crippen LogP contribution in [0.3, 0.4) is 0 Å². The highest BCUT2D eigenvalue weighted by Crippen LogP contribution is 2.23. The molecule has 1 atom stereocenters. The number of benzene rings is 1. The Morgan fingerprint density at radius 1 is 1.44 bits per heavy atom. The molecule has 0 heterocycles. The maximum Gasteiger partial charge on any atom is 0.344 e. The number of carbonyl (C=O) groups is 2. The zero-order chi connectivity index (χ0) is 13.7. The molecule has 0 bridgehead atoms. The fourth-order valence-electron chi connectivity index (χ4n) is 1.26. The second-order valence-electron chi connectivity index (χ2n) is 3.57. The van der Waals surface area contributed by atoms with E-state index in [1.807, 2.05) is 0 Å². The van der Waals surface area contributed by atoms with Crippen molar-refractivity contribution < 1.29 is 24.2 Å². The van der Waals surface area contributed by atoms with E-state index in [4.69, 9.17) is 20.3 Å². The highest BCUT2D eigenvalue weighted by atomic mass is 16.5. The molecular formula is C12H15NO5. The van der Waals surface area contributed by atoms with Crippen LogP contribution in [0.1, 0.15) is 24.2 Å². The van der Waals surface area contributed by atoms with Crippen molar-refractivity contribution in [2.24, 2.45) is 0 Å². The Balaban J connectivity index is 3.03. The van der Waals surface area contributed by atoms with E-state index in [0.29, 0.717) is 5.69 Å². The van der Waals surface area contributed by atoms with E-state index in [0.717, 1.165) is 0 Å². The molecule has 1 rings (SSSR count). The Kier molecular flexibility index (Phi) is 4.53. The van der Waals surface area contributed by atoms with Crippen molar-refractivity contribution in [2.45, 2.75) is 20.0 Å². The van der Waals surface area contributed by atoms with Crippen molar-refractivity contribution in [1.82, 2.24) is 0 Å². The number of esters is 1. The zero-order valence-electron chi connectivity index (χ0n) is 10.2. The largest absolute Gasteiger partial charge is 0.479 e. The number of anilines is 1. The fraction of sp³-hybridized carbons (Fsp3) is 0.333. The van der Waals surface area contributed by atoms with E-state index in [-0.39, 0.29) is 17.9 Å². The maximum atomic E-state index is 11.7. The Morgan fingerprint density at radius 2 is 2.11 bits per heavy atom. The van der Waals surface area contributed by atoms with Gasteiger partial charge in [-0.05, 0) is 32.0 Å². The van der Waals surface area contributed by atoms with E-state index >= 15 is 0 Å². The molecular weight excluding hydrogens is 238 g/mol. The van der Waals surface area contributed by atoms with Gasteiger partial charge in [-0.3, -0.25) is 0 Å². The van der Waals surface area contributed by atoms with Crippen LogP contribution in [0.5, 0.6) is 5.75 Å². The summed E-state index contributed by atoms with van der Waals surface area (Å²) in [4.78, 5) is 22.4. The first-order valence-corrected chi connectivity index (χ1v) is 5.41. The van der Waals surface area contributed by atoms with Gasteiger partial charge in [0.25, 0.3) is 0 Å². The van der Waals surface area contributed by atoms with Gasteiger partial charge in [0.1, 0.15) is 11.3 Å². The van der Waals surface area contributed by atoms with Crippen molar-refractivity contribution in [1.29, 1.82) is 0 Å². The Labute approximate surface area is 104 Å². The molecule has 6 heteroatoms. The molecule has 0 saturated heterocycles. The van der Waals surface area contributed by atoms with E-state index in [9.17, 15) is 9.59 Å². The van der Waals surface area contributed by atoms with Crippen molar-refractivity contribution in [3.63, 3.8) is 0 Å². The van der Waals surface area contributed by atoms with Gasteiger partial charge in [-0.15, -0.1) is 0 Å². The number of carbonyl (C=O) groups excluding carboxylic acids is 1. The van der Waals surface area contributed by atoms with Crippen molar-refractivity contribution >= 4 is 17.6 Å². The van der Waals surface area contributed by atoms with Crippen molar-refractivity contribution in [2.75, 3.05) is 12.3 Å². The molecule has 0 saturated carbocycles. The van der Waals surface area contributed by atoms with Gasteiger partial charge < -0.3 is 20.3 Å². The maximum absolute atomic E-state index is 11.7. The van der Waals surface area contributed by atoms with Crippen LogP contribution in [0.2, 0.25) is 0 Å². The summed E-state index contributed by atoms with van der Waals surface area (Å²) in [5.41, 5.74) is 6.06. The lowest BCUT2D eigenvalue weighted by Gasteiger charge is -2.14. The van der Waals surface area contributed by atoms with Crippen LogP contribution in [0.4, 0.5) is 5.69 Å². The third kappa shape index (κ3) is 3.38. The van der Waals surface area contributed by atoms with Gasteiger partial charge in [-0.1, -0.05) is 0 Å². The highest BCUT2D eigenvalue weighted by molar-refractivity contribution is 5.93. The molecule has 0 aromatic heterocycles. The summed E-state index contributed by atoms with van der Waals surface area (Å²) in [6, 6.07) is 4.36. The quantitative estimate of drug-likeness (QED) is 0.606. The second kappa shape index (κ2) is 5.90. The number of rotatable bonds is 5. The summed E-state index contributed by atoms with van der Waals surface area (Å²) < 4.78 is 10.0. The van der Waals surface area contributed by atoms with Gasteiger partial charge in [0.05, 0.1) is 6.61 Å². The monoisotopic (exact) mass is 253 g/mol. The van der Waals surface area contributed by atoms with Gasteiger partial charge in [0, 0.05) is 5.69 Å². The zero-order valence-corrected chi connectivity index (χ0v) is 10.2. The minimum absolute atomic E-state index is 0.116. The third-order valence-corrected chi connectivity index (χ3v) is 2.15. The summed E-state index contributed by atoms with van der Waals surface area (Å²) in [5.74, 6) is -1.59. The van der Waals surface area contributed by atoms with E-state index in [1.165, 1.54) is 25.1 Å². The molecule has 3 N–H and O–H groups in total. The Bertz CT molecular complexity index is 458. The molecule has 0 radical (unpaired) electrons. The minimum atomic E-state index is -1.12. The lowest BCUT2D eigenvalue weighted by molar-refractivity contribution is -0.144. The number of aliphatic carboxylic acids is 1. The molecule has 1 aromatic rings. The molecule has 0 fully saturated rings. The van der Waals surface area contributed by atoms with Gasteiger partial charge in [-0.2, -0.15) is 0 Å². The van der Waals surface area contributed by atoms with Crippen LogP contribution in [0, 0.1) is 0 Å². The number of ether oxygens (including phenoxy) is 2. The Hall–Kier alpha value is -2.24. The molecule has 6 nitrogen and oxygen atoms in total. The topological polar surface area (TPSA) is 98.9 Å². The van der Waals surface area contributed by atoms with Crippen LogP contribution in [-0.2, 0) is 9.53 Å². The molecule has 0 aliphatic rings. The molecule has 18 heavy (non-hydrogen) atoms. The van der Waals surface area contributed by atoms with Gasteiger partial charge in [0.2, 0.25) is 0 Å². The summed E-state index contributed by atoms with van der Waals surface area (Å²) in [5, 5.41) is 8.76. The predicted octanol–water partition coefficient (Wildman–Crippen LogP) is 1.30. The van der Waals surface area contributed by atoms with Crippen LogP contribution in [0.25, 0.3) is 0 Å². The van der Waals surface area contributed by atoms with Crippen LogP contribution in [-0.4, -0.2) is 29.8 Å². The van der Waals surface area contributed by atoms with Crippen molar-refractivity contribution in [3.05, 3.63) is 23.8 Å². The first-order chi connectivity index (χ1) is 8.45. The molecule has 1 aromatic carbocycles. The summed E-state index contributed by atoms with van der Waals surface area (Å²) in [7, 11) is 0. The number of carboxylic acid groups (broad SMARTS) is 1. The fourth-order valence-corrected chi connectivity index (χ4v) is 1.26. The van der Waals surface area contributed by atoms with Gasteiger partial charge in [-0.25, -0.2) is 9.59 Å². The first kappa shape index (κ1) is 13.8. The number of hydrogen-bond donors (Lipinski definition) is 2. The number of carboxylic acids is 1. The molecule has 1 unspecified atom stereocenters. The van der Waals surface area contributed by atoms with E-state index in [2.05, 4.69) is 0 Å². The summed E-state index contributed by atoms with van der Waals surface area (Å²) in [6.07, 6.45) is -1.07. The molecule has 0 aliphatic heterocycles. The average molecular weight is 253 g/mol. The van der Waals surface area contributed by atoms with Crippen LogP contribution in [0.15, 0.2) is 18.2 Å². The molecule has 98 valence electrons. The summed E-state index contributed by atoms with van der Waals surface area (Å²) in [6.45, 7) is 3.25. The second-order valence-corrected chi connectivity index (χ2v) is 3.57. The number of nitrogens with two attached hydrogens (primary N) is 1. The lowest BCUT2D eigenvalue weighted by Crippen LogP contribution is -2.24. The number of nitrogen functional groups attached to an aromatic ring is 1. The minimum Gasteiger partial charge on any atom is -0.479 e. The summed E-state index contributed by atoms with van der Waals surface area (Å²) >= 11 is 0. The van der Waals surface area contributed by atoms with Crippen molar-refractivity contribution in [3.8, 4) is 5.75 Å². The smallest absolute Gasteiger partial charge is 0.344 e. The number of hydrogen-bond acceptors (Lipinski definition) is 5. The average Bonchev–Trinajstić information content (AvgIpc) is 2.31. The van der Waals surface area contributed by atoms with Crippen LogP contribution >= 0.6 is 0 Å². The lowest BCUT2D eigenvalue weighted by atomic mass is 10.1. The Morgan fingerprint density at radius 3 is 2.67 bits per heavy atom. The normalized spacial score (nSPS) is 11.7. The van der Waals surface area contributed by atoms with Gasteiger partial charge >= 0.3 is 11.9 Å². The first-order valence-electron chi connectivity index (χ1n) is 5.41. The standard InChI is InChI=1S/C12H15NO5/c1-3-17-12(16)9-6-8(13)4-5-10(9)18-7(2)11(14)15/h4-7H,3,13H2,1-2H3,(H,14,15). The third-order valence-electron chi connectivity index (χ3n) is 2.15. The van der Waals surface area contributed by atoms with Crippen LogP contribution < -0.4 is 10.5 Å². The molecule has 0 aliphatic carbocycles.